The van der Waals surface area contributed by atoms with E-state index in [0.717, 1.165) is 17.9 Å². The van der Waals surface area contributed by atoms with Gasteiger partial charge in [-0.3, -0.25) is 0 Å². The Bertz CT molecular complexity index is 213. The minimum Gasteiger partial charge on any atom is -0.328 e. The van der Waals surface area contributed by atoms with Crippen LogP contribution in [0.3, 0.4) is 0 Å². The Balaban J connectivity index is 1.79. The number of hydrogen-bond acceptors (Lipinski definition) is 2. The van der Waals surface area contributed by atoms with Crippen LogP contribution in [0.5, 0.6) is 0 Å². The van der Waals surface area contributed by atoms with Crippen molar-refractivity contribution in [1.29, 1.82) is 0 Å². The fourth-order valence-corrected chi connectivity index (χ4v) is 3.77. The lowest BCUT2D eigenvalue weighted by atomic mass is 9.82. The molecule has 2 heteroatoms. The predicted octanol–water partition coefficient (Wildman–Crippen LogP) is 3.01. The van der Waals surface area contributed by atoms with E-state index in [4.69, 9.17) is 5.73 Å². The Morgan fingerprint density at radius 3 is 2.00 bits per heavy atom. The van der Waals surface area contributed by atoms with Crippen molar-refractivity contribution in [1.82, 2.24) is 4.90 Å². The van der Waals surface area contributed by atoms with Gasteiger partial charge in [-0.15, -0.1) is 0 Å². The first-order valence-corrected chi connectivity index (χ1v) is 7.68. The van der Waals surface area contributed by atoms with E-state index < -0.39 is 0 Å². The Morgan fingerprint density at radius 2 is 1.47 bits per heavy atom. The lowest BCUT2D eigenvalue weighted by molar-refractivity contribution is 0.0849. The van der Waals surface area contributed by atoms with E-state index in [9.17, 15) is 0 Å². The van der Waals surface area contributed by atoms with Gasteiger partial charge in [0.15, 0.2) is 0 Å². The van der Waals surface area contributed by atoms with Gasteiger partial charge >= 0.3 is 0 Å². The molecule has 2 N–H and O–H groups in total. The van der Waals surface area contributed by atoms with Crippen LogP contribution < -0.4 is 5.73 Å². The van der Waals surface area contributed by atoms with Crippen molar-refractivity contribution in [3.63, 3.8) is 0 Å². The summed E-state index contributed by atoms with van der Waals surface area (Å²) in [6, 6.07) is 1.20. The summed E-state index contributed by atoms with van der Waals surface area (Å²) in [5.41, 5.74) is 6.01. The Kier molecular flexibility index (Phi) is 4.87. The van der Waals surface area contributed by atoms with Crippen molar-refractivity contribution in [3.05, 3.63) is 0 Å². The molecular formula is C15H30N2. The zero-order valence-electron chi connectivity index (χ0n) is 11.7. The summed E-state index contributed by atoms with van der Waals surface area (Å²) in [4.78, 5) is 2.73. The molecule has 0 spiro atoms. The van der Waals surface area contributed by atoms with Crippen LogP contribution in [-0.2, 0) is 0 Å². The third-order valence-corrected chi connectivity index (χ3v) is 5.23. The molecule has 1 heterocycles. The number of hydrogen-bond donors (Lipinski definition) is 1. The van der Waals surface area contributed by atoms with Crippen molar-refractivity contribution in [2.24, 2.45) is 17.6 Å². The Labute approximate surface area is 107 Å². The molecule has 0 aromatic rings. The highest BCUT2D eigenvalue weighted by Gasteiger charge is 2.29. The second kappa shape index (κ2) is 6.19. The highest BCUT2D eigenvalue weighted by molar-refractivity contribution is 4.84. The largest absolute Gasteiger partial charge is 0.328 e. The van der Waals surface area contributed by atoms with Gasteiger partial charge in [-0.25, -0.2) is 0 Å². The van der Waals surface area contributed by atoms with Crippen LogP contribution in [0.25, 0.3) is 0 Å². The summed E-state index contributed by atoms with van der Waals surface area (Å²) < 4.78 is 0. The summed E-state index contributed by atoms with van der Waals surface area (Å²) in [6.07, 6.45) is 9.96. The highest BCUT2D eigenvalue weighted by Crippen LogP contribution is 2.31. The molecule has 2 unspecified atom stereocenters. The van der Waals surface area contributed by atoms with Crippen molar-refractivity contribution >= 4 is 0 Å². The van der Waals surface area contributed by atoms with E-state index in [1.807, 2.05) is 0 Å². The molecule has 1 saturated carbocycles. The van der Waals surface area contributed by atoms with Crippen LogP contribution in [-0.4, -0.2) is 30.1 Å². The van der Waals surface area contributed by atoms with Crippen molar-refractivity contribution in [3.8, 4) is 0 Å². The van der Waals surface area contributed by atoms with Crippen LogP contribution in [0, 0.1) is 11.8 Å². The molecule has 1 saturated heterocycles. The molecule has 0 aromatic heterocycles. The maximum Gasteiger partial charge on any atom is 0.00951 e. The maximum absolute atomic E-state index is 6.01. The van der Waals surface area contributed by atoms with Gasteiger partial charge < -0.3 is 10.6 Å². The van der Waals surface area contributed by atoms with Crippen LogP contribution in [0.2, 0.25) is 0 Å². The summed E-state index contributed by atoms with van der Waals surface area (Å²) in [5, 5.41) is 0. The van der Waals surface area contributed by atoms with Crippen LogP contribution in [0.15, 0.2) is 0 Å². The monoisotopic (exact) mass is 238 g/mol. The Hall–Kier alpha value is -0.0800. The van der Waals surface area contributed by atoms with Gasteiger partial charge in [-0.2, -0.15) is 0 Å². The van der Waals surface area contributed by atoms with Gasteiger partial charge in [0.1, 0.15) is 0 Å². The molecular weight excluding hydrogens is 208 g/mol. The minimum absolute atomic E-state index is 0.391. The van der Waals surface area contributed by atoms with Gasteiger partial charge in [-0.1, -0.05) is 19.3 Å². The first kappa shape index (κ1) is 13.4. The van der Waals surface area contributed by atoms with E-state index in [1.54, 1.807) is 0 Å². The topological polar surface area (TPSA) is 29.3 Å². The molecule has 17 heavy (non-hydrogen) atoms. The molecule has 1 aliphatic carbocycles. The fourth-order valence-electron chi connectivity index (χ4n) is 3.77. The van der Waals surface area contributed by atoms with E-state index in [1.165, 1.54) is 58.0 Å². The molecule has 1 aliphatic heterocycles. The SMILES string of the molecule is CC(N)C1CCN(C(C)C2CCCCC2)CC1. The standard InChI is InChI=1S/C15H30N2/c1-12(16)14-8-10-17(11-9-14)13(2)15-6-4-3-5-7-15/h12-15H,3-11,16H2,1-2H3. The van der Waals surface area contributed by atoms with Crippen LogP contribution in [0.4, 0.5) is 0 Å². The molecule has 2 atom stereocenters. The maximum atomic E-state index is 6.01. The minimum atomic E-state index is 0.391. The number of nitrogens with two attached hydrogens (primary N) is 1. The average Bonchev–Trinajstić information content (AvgIpc) is 2.39. The molecule has 0 amide bonds. The number of nitrogens with zero attached hydrogens (tertiary/aromatic N) is 1. The van der Waals surface area contributed by atoms with Gasteiger partial charge in [0, 0.05) is 12.1 Å². The first-order chi connectivity index (χ1) is 8.18. The highest BCUT2D eigenvalue weighted by atomic mass is 15.2. The normalized spacial score (nSPS) is 29.1. The summed E-state index contributed by atoms with van der Waals surface area (Å²) >= 11 is 0. The summed E-state index contributed by atoms with van der Waals surface area (Å²) in [6.45, 7) is 7.20. The second-order valence-corrected chi connectivity index (χ2v) is 6.37. The van der Waals surface area contributed by atoms with Gasteiger partial charge in [-0.05, 0) is 64.5 Å². The molecule has 0 bridgehead atoms. The number of likely N-dealkylation sites (tertiary alicyclic amines) is 1. The molecule has 0 radical (unpaired) electrons. The smallest absolute Gasteiger partial charge is 0.00951 e. The Morgan fingerprint density at radius 1 is 0.882 bits per heavy atom. The van der Waals surface area contributed by atoms with Crippen LogP contribution in [0.1, 0.15) is 58.8 Å². The molecule has 2 nitrogen and oxygen atoms in total. The van der Waals surface area contributed by atoms with E-state index in [-0.39, 0.29) is 0 Å². The zero-order valence-corrected chi connectivity index (χ0v) is 11.7. The van der Waals surface area contributed by atoms with Gasteiger partial charge in [0.05, 0.1) is 0 Å². The lowest BCUT2D eigenvalue weighted by Crippen LogP contribution is -2.46. The second-order valence-electron chi connectivity index (χ2n) is 6.37. The van der Waals surface area contributed by atoms with Gasteiger partial charge in [0.25, 0.3) is 0 Å². The molecule has 2 fully saturated rings. The van der Waals surface area contributed by atoms with Crippen molar-refractivity contribution < 1.29 is 0 Å². The quantitative estimate of drug-likeness (QED) is 0.819. The first-order valence-electron chi connectivity index (χ1n) is 7.68. The molecule has 2 rings (SSSR count). The van der Waals surface area contributed by atoms with Crippen molar-refractivity contribution in [2.75, 3.05) is 13.1 Å². The summed E-state index contributed by atoms with van der Waals surface area (Å²) in [5.74, 6) is 1.74. The number of rotatable bonds is 3. The third kappa shape index (κ3) is 3.45. The third-order valence-electron chi connectivity index (χ3n) is 5.23. The molecule has 100 valence electrons. The lowest BCUT2D eigenvalue weighted by Gasteiger charge is -2.41. The fraction of sp³-hybridized carbons (Fsp3) is 1.00. The van der Waals surface area contributed by atoms with Gasteiger partial charge in [0.2, 0.25) is 0 Å². The summed E-state index contributed by atoms with van der Waals surface area (Å²) in [7, 11) is 0. The van der Waals surface area contributed by atoms with E-state index >= 15 is 0 Å². The molecule has 0 aromatic carbocycles. The average molecular weight is 238 g/mol. The van der Waals surface area contributed by atoms with E-state index in [0.29, 0.717) is 6.04 Å². The van der Waals surface area contributed by atoms with E-state index in [2.05, 4.69) is 18.7 Å². The number of piperidine rings is 1. The predicted molar refractivity (Wildman–Crippen MR) is 74.0 cm³/mol. The van der Waals surface area contributed by atoms with Crippen molar-refractivity contribution in [2.45, 2.75) is 70.9 Å². The molecule has 2 aliphatic rings. The zero-order chi connectivity index (χ0) is 12.3. The van der Waals surface area contributed by atoms with Crippen LogP contribution >= 0.6 is 0 Å².